The molecule has 21 heavy (non-hydrogen) atoms. The van der Waals surface area contributed by atoms with Crippen LogP contribution < -0.4 is 5.32 Å². The fourth-order valence-electron chi connectivity index (χ4n) is 2.59. The molecule has 2 aromatic rings. The molecule has 0 saturated carbocycles. The molecule has 2 atom stereocenters. The Morgan fingerprint density at radius 2 is 1.71 bits per heavy atom. The number of thiophene rings is 1. The summed E-state index contributed by atoms with van der Waals surface area (Å²) >= 11 is 1.88. The molecule has 1 N–H and O–H groups in total. The molecule has 0 aliphatic heterocycles. The summed E-state index contributed by atoms with van der Waals surface area (Å²) < 4.78 is 0. The van der Waals surface area contributed by atoms with Crippen LogP contribution in [-0.4, -0.2) is 0 Å². The molecule has 0 amide bonds. The molecule has 2 unspecified atom stereocenters. The number of hydrogen-bond donors (Lipinski definition) is 1. The third kappa shape index (κ3) is 4.69. The Labute approximate surface area is 133 Å². The van der Waals surface area contributed by atoms with Gasteiger partial charge in [0.15, 0.2) is 0 Å². The second-order valence-electron chi connectivity index (χ2n) is 5.90. The number of rotatable bonds is 7. The summed E-state index contributed by atoms with van der Waals surface area (Å²) in [5.41, 5.74) is 2.82. The van der Waals surface area contributed by atoms with Crippen molar-refractivity contribution in [3.05, 3.63) is 57.3 Å². The Hall–Kier alpha value is -1.12. The first kappa shape index (κ1) is 16.3. The summed E-state index contributed by atoms with van der Waals surface area (Å²) in [6, 6.07) is 14.3. The van der Waals surface area contributed by atoms with E-state index in [0.29, 0.717) is 12.1 Å². The molecule has 0 aliphatic rings. The lowest BCUT2D eigenvalue weighted by Gasteiger charge is -2.20. The van der Waals surface area contributed by atoms with E-state index >= 15 is 0 Å². The Balaban J connectivity index is 1.94. The third-order valence-electron chi connectivity index (χ3n) is 3.99. The SMILES string of the molecule is CCCCc1ccc(C(C)NC(C)c2ccc(C)s2)cc1. The van der Waals surface area contributed by atoms with E-state index in [1.165, 1.54) is 40.1 Å². The number of unbranched alkanes of at least 4 members (excludes halogenated alkanes) is 1. The summed E-state index contributed by atoms with van der Waals surface area (Å²) in [6.45, 7) is 8.91. The van der Waals surface area contributed by atoms with Crippen molar-refractivity contribution in [1.82, 2.24) is 5.32 Å². The van der Waals surface area contributed by atoms with Crippen molar-refractivity contribution in [3.8, 4) is 0 Å². The molecule has 0 fully saturated rings. The molecular weight excluding hydrogens is 274 g/mol. The minimum atomic E-state index is 0.377. The second-order valence-corrected chi connectivity index (χ2v) is 7.22. The first-order valence-corrected chi connectivity index (χ1v) is 8.83. The van der Waals surface area contributed by atoms with Crippen LogP contribution in [0.4, 0.5) is 0 Å². The molecule has 1 heterocycles. The van der Waals surface area contributed by atoms with Crippen molar-refractivity contribution in [2.75, 3.05) is 0 Å². The first-order valence-electron chi connectivity index (χ1n) is 8.01. The summed E-state index contributed by atoms with van der Waals surface area (Å²) in [5, 5.41) is 3.70. The van der Waals surface area contributed by atoms with Crippen LogP contribution in [0.3, 0.4) is 0 Å². The molecule has 0 bridgehead atoms. The van der Waals surface area contributed by atoms with Crippen LogP contribution in [0.5, 0.6) is 0 Å². The molecule has 0 radical (unpaired) electrons. The molecule has 0 spiro atoms. The predicted octanol–water partition coefficient (Wildman–Crippen LogP) is 5.81. The van der Waals surface area contributed by atoms with Gasteiger partial charge in [-0.3, -0.25) is 0 Å². The normalized spacial score (nSPS) is 14.1. The van der Waals surface area contributed by atoms with Gasteiger partial charge in [-0.05, 0) is 56.9 Å². The molecule has 2 heteroatoms. The maximum atomic E-state index is 3.70. The molecular formula is C19H27NS. The average Bonchev–Trinajstić information content (AvgIpc) is 2.92. The van der Waals surface area contributed by atoms with Crippen LogP contribution in [0.2, 0.25) is 0 Å². The smallest absolute Gasteiger partial charge is 0.0391 e. The van der Waals surface area contributed by atoms with Gasteiger partial charge in [0.25, 0.3) is 0 Å². The van der Waals surface area contributed by atoms with E-state index in [1.54, 1.807) is 0 Å². The highest BCUT2D eigenvalue weighted by atomic mass is 32.1. The zero-order valence-electron chi connectivity index (χ0n) is 13.6. The van der Waals surface area contributed by atoms with Gasteiger partial charge in [0.1, 0.15) is 0 Å². The van der Waals surface area contributed by atoms with Crippen LogP contribution in [-0.2, 0) is 6.42 Å². The fraction of sp³-hybridized carbons (Fsp3) is 0.474. The van der Waals surface area contributed by atoms with Gasteiger partial charge in [0.05, 0.1) is 0 Å². The summed E-state index contributed by atoms with van der Waals surface area (Å²) in [4.78, 5) is 2.80. The maximum absolute atomic E-state index is 3.70. The lowest BCUT2D eigenvalue weighted by molar-refractivity contribution is 0.500. The third-order valence-corrected chi connectivity index (χ3v) is 5.17. The van der Waals surface area contributed by atoms with E-state index < -0.39 is 0 Å². The second kappa shape index (κ2) is 7.77. The minimum absolute atomic E-state index is 0.377. The quantitative estimate of drug-likeness (QED) is 0.680. The molecule has 2 rings (SSSR count). The molecule has 1 aromatic carbocycles. The van der Waals surface area contributed by atoms with E-state index in [4.69, 9.17) is 0 Å². The maximum Gasteiger partial charge on any atom is 0.0391 e. The van der Waals surface area contributed by atoms with E-state index in [-0.39, 0.29) is 0 Å². The van der Waals surface area contributed by atoms with Crippen LogP contribution >= 0.6 is 11.3 Å². The van der Waals surface area contributed by atoms with Gasteiger partial charge in [-0.15, -0.1) is 11.3 Å². The number of aryl methyl sites for hydroxylation is 2. The van der Waals surface area contributed by atoms with Gasteiger partial charge in [-0.25, -0.2) is 0 Å². The van der Waals surface area contributed by atoms with Gasteiger partial charge in [0.2, 0.25) is 0 Å². The number of hydrogen-bond acceptors (Lipinski definition) is 2. The van der Waals surface area contributed by atoms with E-state index in [1.807, 2.05) is 11.3 Å². The van der Waals surface area contributed by atoms with Crippen molar-refractivity contribution in [2.24, 2.45) is 0 Å². The van der Waals surface area contributed by atoms with E-state index in [0.717, 1.165) is 0 Å². The van der Waals surface area contributed by atoms with Gasteiger partial charge in [-0.2, -0.15) is 0 Å². The highest BCUT2D eigenvalue weighted by molar-refractivity contribution is 7.12. The highest BCUT2D eigenvalue weighted by Gasteiger charge is 2.12. The average molecular weight is 301 g/mol. The Kier molecular flexibility index (Phi) is 6.01. The minimum Gasteiger partial charge on any atom is -0.303 e. The lowest BCUT2D eigenvalue weighted by Crippen LogP contribution is -2.21. The van der Waals surface area contributed by atoms with Crippen molar-refractivity contribution in [3.63, 3.8) is 0 Å². The van der Waals surface area contributed by atoms with Crippen molar-refractivity contribution in [2.45, 2.75) is 59.0 Å². The van der Waals surface area contributed by atoms with Crippen LogP contribution in [0.1, 0.15) is 66.6 Å². The fourth-order valence-corrected chi connectivity index (χ4v) is 3.48. The van der Waals surface area contributed by atoms with Crippen molar-refractivity contribution in [1.29, 1.82) is 0 Å². The summed E-state index contributed by atoms with van der Waals surface area (Å²) in [7, 11) is 0. The molecule has 1 nitrogen and oxygen atoms in total. The highest BCUT2D eigenvalue weighted by Crippen LogP contribution is 2.25. The monoisotopic (exact) mass is 301 g/mol. The van der Waals surface area contributed by atoms with Crippen LogP contribution in [0.25, 0.3) is 0 Å². The number of nitrogens with one attached hydrogen (secondary N) is 1. The number of benzene rings is 1. The van der Waals surface area contributed by atoms with E-state index in [2.05, 4.69) is 69.4 Å². The summed E-state index contributed by atoms with van der Waals surface area (Å²) in [6.07, 6.45) is 3.74. The molecule has 114 valence electrons. The van der Waals surface area contributed by atoms with Crippen molar-refractivity contribution >= 4 is 11.3 Å². The topological polar surface area (TPSA) is 12.0 Å². The van der Waals surface area contributed by atoms with E-state index in [9.17, 15) is 0 Å². The Morgan fingerprint density at radius 3 is 2.29 bits per heavy atom. The Bertz CT molecular complexity index is 541. The van der Waals surface area contributed by atoms with Gasteiger partial charge in [-0.1, -0.05) is 37.6 Å². The zero-order chi connectivity index (χ0) is 15.2. The zero-order valence-corrected chi connectivity index (χ0v) is 14.5. The lowest BCUT2D eigenvalue weighted by atomic mass is 10.0. The van der Waals surface area contributed by atoms with Gasteiger partial charge < -0.3 is 5.32 Å². The van der Waals surface area contributed by atoms with Crippen molar-refractivity contribution < 1.29 is 0 Å². The molecule has 0 aliphatic carbocycles. The van der Waals surface area contributed by atoms with Gasteiger partial charge in [0, 0.05) is 21.8 Å². The Morgan fingerprint density at radius 1 is 1.00 bits per heavy atom. The largest absolute Gasteiger partial charge is 0.303 e. The summed E-state index contributed by atoms with van der Waals surface area (Å²) in [5.74, 6) is 0. The standard InChI is InChI=1S/C19H27NS/c1-5-6-7-17-9-11-18(12-10-17)15(3)20-16(4)19-13-8-14(2)21-19/h8-13,15-16,20H,5-7H2,1-4H3. The van der Waals surface area contributed by atoms with Gasteiger partial charge >= 0.3 is 0 Å². The van der Waals surface area contributed by atoms with Crippen LogP contribution in [0, 0.1) is 6.92 Å². The first-order chi connectivity index (χ1) is 10.1. The van der Waals surface area contributed by atoms with Crippen LogP contribution in [0.15, 0.2) is 36.4 Å². The molecule has 0 saturated heterocycles. The molecule has 1 aromatic heterocycles. The predicted molar refractivity (Wildman–Crippen MR) is 94.1 cm³/mol.